The number of aromatic carboxylic acids is 1. The monoisotopic (exact) mass is 702 g/mol. The summed E-state index contributed by atoms with van der Waals surface area (Å²) in [7, 11) is 0. The predicted octanol–water partition coefficient (Wildman–Crippen LogP) is 9.58. The fourth-order valence-electron chi connectivity index (χ4n) is 5.95. The molecule has 2 heterocycles. The summed E-state index contributed by atoms with van der Waals surface area (Å²) >= 11 is 1.20. The van der Waals surface area contributed by atoms with Crippen LogP contribution < -0.4 is 10.2 Å². The number of nitrogens with zero attached hydrogens (tertiary/aromatic N) is 3. The summed E-state index contributed by atoms with van der Waals surface area (Å²) in [5, 5.41) is 13.1. The van der Waals surface area contributed by atoms with Crippen molar-refractivity contribution in [3.63, 3.8) is 0 Å². The number of rotatable bonds is 9. The Morgan fingerprint density at radius 2 is 1.44 bits per heavy atom. The maximum absolute atomic E-state index is 14.1. The van der Waals surface area contributed by atoms with Crippen molar-refractivity contribution in [2.75, 3.05) is 10.2 Å². The third-order valence-corrected chi connectivity index (χ3v) is 9.92. The van der Waals surface area contributed by atoms with Crippen LogP contribution in [-0.4, -0.2) is 33.0 Å². The molecule has 7 rings (SSSR count). The van der Waals surface area contributed by atoms with Gasteiger partial charge in [-0.25, -0.2) is 14.8 Å². The number of hydrogen-bond acceptors (Lipinski definition) is 6. The first-order chi connectivity index (χ1) is 25.2. The highest BCUT2D eigenvalue weighted by Gasteiger charge is 2.36. The first-order valence-electron chi connectivity index (χ1n) is 16.8. The number of benzene rings is 5. The lowest BCUT2D eigenvalue weighted by Crippen LogP contribution is -2.32. The Hall–Kier alpha value is -6.32. The van der Waals surface area contributed by atoms with Gasteiger partial charge in [-0.15, -0.1) is 0 Å². The van der Waals surface area contributed by atoms with Gasteiger partial charge in [-0.1, -0.05) is 129 Å². The van der Waals surface area contributed by atoms with Crippen LogP contribution in [0.5, 0.6) is 0 Å². The highest BCUT2D eigenvalue weighted by molar-refractivity contribution is 8.15. The van der Waals surface area contributed by atoms with E-state index in [1.807, 2.05) is 78.9 Å². The van der Waals surface area contributed by atoms with E-state index < -0.39 is 11.2 Å². The van der Waals surface area contributed by atoms with E-state index in [2.05, 4.69) is 36.3 Å². The van der Waals surface area contributed by atoms with E-state index in [4.69, 9.17) is 4.99 Å². The minimum atomic E-state index is -1.03. The molecule has 1 aliphatic heterocycles. The molecule has 1 atom stereocenters. The van der Waals surface area contributed by atoms with Gasteiger partial charge < -0.3 is 10.4 Å². The van der Waals surface area contributed by atoms with Gasteiger partial charge in [0.15, 0.2) is 5.17 Å². The molecule has 256 valence electrons. The summed E-state index contributed by atoms with van der Waals surface area (Å²) in [6.07, 6.45) is 1.78. The van der Waals surface area contributed by atoms with Crippen LogP contribution in [0.2, 0.25) is 0 Å². The van der Waals surface area contributed by atoms with Crippen molar-refractivity contribution in [1.29, 1.82) is 0 Å². The van der Waals surface area contributed by atoms with E-state index >= 15 is 0 Å². The third-order valence-electron chi connectivity index (χ3n) is 8.71. The molecule has 0 bridgehead atoms. The Kier molecular flexibility index (Phi) is 9.77. The van der Waals surface area contributed by atoms with E-state index in [0.717, 1.165) is 11.1 Å². The maximum atomic E-state index is 14.1. The number of thioether (sulfide) groups is 1. The van der Waals surface area contributed by atoms with Gasteiger partial charge in [-0.05, 0) is 65.1 Å². The zero-order valence-electron chi connectivity index (χ0n) is 28.4. The molecule has 0 saturated carbocycles. The number of carbonyl (C=O) groups is 3. The van der Waals surface area contributed by atoms with Gasteiger partial charge in [0.25, 0.3) is 5.91 Å². The average Bonchev–Trinajstić information content (AvgIpc) is 3.47. The first kappa shape index (κ1) is 34.1. The van der Waals surface area contributed by atoms with Gasteiger partial charge in [0, 0.05) is 16.6 Å². The number of aliphatic imine (C=N–C) groups is 1. The number of pyridine rings is 1. The maximum Gasteiger partial charge on any atom is 0.336 e. The molecule has 6 aromatic rings. The highest BCUT2D eigenvalue weighted by atomic mass is 32.2. The molecular weight excluding hydrogens is 669 g/mol. The van der Waals surface area contributed by atoms with E-state index in [-0.39, 0.29) is 23.1 Å². The van der Waals surface area contributed by atoms with Crippen molar-refractivity contribution in [2.45, 2.75) is 25.0 Å². The van der Waals surface area contributed by atoms with E-state index in [9.17, 15) is 19.5 Å². The Balaban J connectivity index is 1.18. The fraction of sp³-hybridized carbons (Fsp3) is 0.0930. The quantitative estimate of drug-likeness (QED) is 0.145. The van der Waals surface area contributed by atoms with Crippen molar-refractivity contribution in [1.82, 2.24) is 4.98 Å². The molecule has 0 spiro atoms. The van der Waals surface area contributed by atoms with E-state index in [1.165, 1.54) is 17.3 Å². The second kappa shape index (κ2) is 14.9. The molecule has 8 nitrogen and oxygen atoms in total. The van der Waals surface area contributed by atoms with Gasteiger partial charge in [-0.2, -0.15) is 0 Å². The summed E-state index contributed by atoms with van der Waals surface area (Å²) in [5.74, 6) is -1.23. The van der Waals surface area contributed by atoms with Crippen molar-refractivity contribution in [2.24, 2.45) is 4.99 Å². The second-order valence-corrected chi connectivity index (χ2v) is 13.6. The summed E-state index contributed by atoms with van der Waals surface area (Å²) in [6.45, 7) is 4.27. The molecule has 52 heavy (non-hydrogen) atoms. The van der Waals surface area contributed by atoms with Gasteiger partial charge in [0.1, 0.15) is 10.9 Å². The van der Waals surface area contributed by atoms with Crippen LogP contribution in [0.15, 0.2) is 150 Å². The van der Waals surface area contributed by atoms with Crippen molar-refractivity contribution >= 4 is 63.1 Å². The van der Waals surface area contributed by atoms with Crippen LogP contribution >= 0.6 is 11.8 Å². The minimum absolute atomic E-state index is 0.167. The molecular formula is C43H34N4O4S. The largest absolute Gasteiger partial charge is 0.478 e. The summed E-state index contributed by atoms with van der Waals surface area (Å²) < 4.78 is 0. The molecule has 2 N–H and O–H groups in total. The van der Waals surface area contributed by atoms with Crippen molar-refractivity contribution in [3.8, 4) is 11.3 Å². The van der Waals surface area contributed by atoms with Crippen LogP contribution in [0.3, 0.4) is 0 Å². The van der Waals surface area contributed by atoms with Crippen molar-refractivity contribution < 1.29 is 19.5 Å². The molecule has 0 saturated heterocycles. The van der Waals surface area contributed by atoms with E-state index in [0.29, 0.717) is 44.6 Å². The predicted molar refractivity (Wildman–Crippen MR) is 209 cm³/mol. The van der Waals surface area contributed by atoms with Gasteiger partial charge in [0.05, 0.1) is 22.5 Å². The Morgan fingerprint density at radius 3 is 2.12 bits per heavy atom. The van der Waals surface area contributed by atoms with E-state index in [1.54, 1.807) is 59.5 Å². The van der Waals surface area contributed by atoms with Crippen LogP contribution in [0.1, 0.15) is 52.1 Å². The first-order valence-corrected chi connectivity index (χ1v) is 17.7. The summed E-state index contributed by atoms with van der Waals surface area (Å²) in [6, 6.07) is 42.5. The molecule has 9 heteroatoms. The van der Waals surface area contributed by atoms with Crippen LogP contribution in [-0.2, 0) is 9.59 Å². The minimum Gasteiger partial charge on any atom is -0.478 e. The molecule has 1 unspecified atom stereocenters. The third kappa shape index (κ3) is 7.26. The molecule has 0 aliphatic carbocycles. The summed E-state index contributed by atoms with van der Waals surface area (Å²) in [4.78, 5) is 51.1. The Labute approximate surface area is 305 Å². The molecule has 5 aromatic carbocycles. The number of carboxylic acids is 1. The zero-order valence-corrected chi connectivity index (χ0v) is 29.2. The molecule has 0 fully saturated rings. The number of para-hydroxylation sites is 2. The van der Waals surface area contributed by atoms with Crippen LogP contribution in [0.4, 0.5) is 11.4 Å². The number of amides is 2. The normalized spacial score (nSPS) is 14.1. The lowest BCUT2D eigenvalue weighted by molar-refractivity contribution is -0.116. The standard InChI is InChI=1S/C43H34N4O4S/c1-27(2)29-19-17-28(18-20-29)25-38-41(49)47(33-13-7-4-8-14-33)43(46-38)52-39(31-11-5-3-6-12-31)40(48)44-32-23-21-30(22-24-32)37-26-35(42(50)51)34-15-9-10-16-36(34)45-37/h3-27,39H,1-2H3,(H,44,48)(H,50,51)/b38-25-. The van der Waals surface area contributed by atoms with Gasteiger partial charge in [0.2, 0.25) is 5.91 Å². The number of carbonyl (C=O) groups excluding carboxylic acids is 2. The Morgan fingerprint density at radius 1 is 0.788 bits per heavy atom. The average molecular weight is 703 g/mol. The number of aromatic nitrogens is 1. The van der Waals surface area contributed by atoms with Crippen molar-refractivity contribution in [3.05, 3.63) is 167 Å². The topological polar surface area (TPSA) is 112 Å². The number of anilines is 2. The lowest BCUT2D eigenvalue weighted by Gasteiger charge is -2.22. The SMILES string of the molecule is CC(C)c1ccc(/C=C2\N=C(SC(C(=O)Nc3ccc(-c4cc(C(=O)O)c5ccccc5n4)cc3)c3ccccc3)N(c3ccccc3)C2=O)cc1. The van der Waals surface area contributed by atoms with Crippen LogP contribution in [0, 0.1) is 0 Å². The van der Waals surface area contributed by atoms with Gasteiger partial charge in [-0.3, -0.25) is 14.5 Å². The number of carboxylic acid groups (broad SMARTS) is 1. The smallest absolute Gasteiger partial charge is 0.336 e. The highest BCUT2D eigenvalue weighted by Crippen LogP contribution is 2.38. The lowest BCUT2D eigenvalue weighted by atomic mass is 10.0. The second-order valence-electron chi connectivity index (χ2n) is 12.6. The molecule has 2 amide bonds. The summed E-state index contributed by atoms with van der Waals surface area (Å²) in [5.41, 5.74) is 6.24. The Bertz CT molecular complexity index is 2340. The molecule has 1 aliphatic rings. The number of hydrogen-bond donors (Lipinski definition) is 2. The molecule has 1 aromatic heterocycles. The molecule has 0 radical (unpaired) electrons. The number of amidine groups is 1. The van der Waals surface area contributed by atoms with Crippen LogP contribution in [0.25, 0.3) is 28.2 Å². The zero-order chi connectivity index (χ0) is 36.2. The number of fused-ring (bicyclic) bond motifs is 1. The number of nitrogens with one attached hydrogen (secondary N) is 1. The van der Waals surface area contributed by atoms with Gasteiger partial charge >= 0.3 is 5.97 Å². The fourth-order valence-corrected chi connectivity index (χ4v) is 7.07.